The number of sulfonamides is 1. The molecule has 1 amide bonds. The number of amides is 1. The van der Waals surface area contributed by atoms with E-state index in [1.54, 1.807) is 0 Å². The molecule has 0 atom stereocenters. The smallest absolute Gasteiger partial charge is 0.337 e. The summed E-state index contributed by atoms with van der Waals surface area (Å²) in [6, 6.07) is 5.70. The minimum atomic E-state index is -3.70. The number of hydrogen-bond donors (Lipinski definition) is 1. The van der Waals surface area contributed by atoms with E-state index in [2.05, 4.69) is 15.0 Å². The molecule has 0 unspecified atom stereocenters. The number of ether oxygens (including phenoxy) is 1. The summed E-state index contributed by atoms with van der Waals surface area (Å²) in [5.74, 6) is -0.448. The standard InChI is InChI=1S/C19H21N3O5S2/c1-27-18(24)13-5-7-14(8-6-13)29(25,26)22-10-9-15-16(11-22)28-19(20-15)21-17(23)12-3-2-4-12/h5-8,12H,2-4,9-11H2,1H3,(H,20,21,23). The molecule has 2 aliphatic rings. The Labute approximate surface area is 172 Å². The lowest BCUT2D eigenvalue weighted by molar-refractivity contribution is -0.122. The van der Waals surface area contributed by atoms with Crippen molar-refractivity contribution in [3.63, 3.8) is 0 Å². The Morgan fingerprint density at radius 1 is 1.24 bits per heavy atom. The fourth-order valence-corrected chi connectivity index (χ4v) is 5.86. The molecule has 0 spiro atoms. The predicted octanol–water partition coefficient (Wildman–Crippen LogP) is 2.42. The predicted molar refractivity (Wildman–Crippen MR) is 107 cm³/mol. The largest absolute Gasteiger partial charge is 0.465 e. The number of aromatic nitrogens is 1. The molecular weight excluding hydrogens is 414 g/mol. The van der Waals surface area contributed by atoms with E-state index >= 15 is 0 Å². The molecular formula is C19H21N3O5S2. The van der Waals surface area contributed by atoms with Crippen molar-refractivity contribution in [2.75, 3.05) is 19.0 Å². The van der Waals surface area contributed by atoms with E-state index in [1.165, 1.54) is 47.0 Å². The molecule has 10 heteroatoms. The van der Waals surface area contributed by atoms with Crippen LogP contribution < -0.4 is 5.32 Å². The average Bonchev–Trinajstić information content (AvgIpc) is 3.07. The summed E-state index contributed by atoms with van der Waals surface area (Å²) in [4.78, 5) is 29.1. The van der Waals surface area contributed by atoms with Crippen molar-refractivity contribution in [2.45, 2.75) is 37.1 Å². The van der Waals surface area contributed by atoms with Crippen LogP contribution in [-0.2, 0) is 32.5 Å². The molecule has 1 aromatic heterocycles. The lowest BCUT2D eigenvalue weighted by Crippen LogP contribution is -2.35. The molecule has 1 aliphatic carbocycles. The van der Waals surface area contributed by atoms with E-state index in [-0.39, 0.29) is 23.3 Å². The number of carbonyl (C=O) groups is 2. The summed E-state index contributed by atoms with van der Waals surface area (Å²) in [7, 11) is -2.43. The molecule has 2 heterocycles. The number of thiazole rings is 1. The van der Waals surface area contributed by atoms with Crippen LogP contribution in [0.5, 0.6) is 0 Å². The van der Waals surface area contributed by atoms with E-state index in [9.17, 15) is 18.0 Å². The van der Waals surface area contributed by atoms with Crippen LogP contribution in [0.1, 0.15) is 40.2 Å². The van der Waals surface area contributed by atoms with Crippen molar-refractivity contribution in [2.24, 2.45) is 5.92 Å². The van der Waals surface area contributed by atoms with Crippen LogP contribution in [0.3, 0.4) is 0 Å². The third-order valence-corrected chi connectivity index (χ3v) is 8.17. The van der Waals surface area contributed by atoms with Crippen LogP contribution in [0, 0.1) is 5.92 Å². The van der Waals surface area contributed by atoms with Gasteiger partial charge in [0.2, 0.25) is 15.9 Å². The highest BCUT2D eigenvalue weighted by Gasteiger charge is 2.31. The summed E-state index contributed by atoms with van der Waals surface area (Å²) < 4.78 is 32.0. The third kappa shape index (κ3) is 3.92. The first-order valence-electron chi connectivity index (χ1n) is 9.36. The van der Waals surface area contributed by atoms with Gasteiger partial charge in [-0.3, -0.25) is 4.79 Å². The number of hydrogen-bond acceptors (Lipinski definition) is 7. The Morgan fingerprint density at radius 2 is 1.97 bits per heavy atom. The zero-order valence-electron chi connectivity index (χ0n) is 15.9. The summed E-state index contributed by atoms with van der Waals surface area (Å²) in [6.07, 6.45) is 3.40. The lowest BCUT2D eigenvalue weighted by Gasteiger charge is -2.25. The fraction of sp³-hybridized carbons (Fsp3) is 0.421. The molecule has 0 saturated heterocycles. The molecule has 1 N–H and O–H groups in total. The minimum Gasteiger partial charge on any atom is -0.465 e. The minimum absolute atomic E-state index is 0.00230. The number of rotatable bonds is 5. The van der Waals surface area contributed by atoms with Crippen LogP contribution in [0.4, 0.5) is 5.13 Å². The first kappa shape index (κ1) is 20.0. The first-order chi connectivity index (χ1) is 13.9. The van der Waals surface area contributed by atoms with Gasteiger partial charge in [0, 0.05) is 23.8 Å². The van der Waals surface area contributed by atoms with Gasteiger partial charge in [-0.15, -0.1) is 11.3 Å². The lowest BCUT2D eigenvalue weighted by atomic mass is 9.85. The van der Waals surface area contributed by atoms with Gasteiger partial charge in [0.1, 0.15) is 0 Å². The fourth-order valence-electron chi connectivity index (χ4n) is 3.34. The van der Waals surface area contributed by atoms with Gasteiger partial charge in [-0.05, 0) is 37.1 Å². The van der Waals surface area contributed by atoms with Gasteiger partial charge in [-0.25, -0.2) is 18.2 Å². The maximum atomic E-state index is 13.0. The molecule has 8 nitrogen and oxygen atoms in total. The molecule has 2 aromatic rings. The van der Waals surface area contributed by atoms with Gasteiger partial charge < -0.3 is 10.1 Å². The maximum absolute atomic E-state index is 13.0. The monoisotopic (exact) mass is 435 g/mol. The van der Waals surface area contributed by atoms with Gasteiger partial charge in [-0.1, -0.05) is 6.42 Å². The van der Waals surface area contributed by atoms with E-state index in [4.69, 9.17) is 0 Å². The number of nitrogens with zero attached hydrogens (tertiary/aromatic N) is 2. The Hall–Kier alpha value is -2.30. The van der Waals surface area contributed by atoms with Crippen molar-refractivity contribution in [3.8, 4) is 0 Å². The van der Waals surface area contributed by atoms with Gasteiger partial charge in [0.25, 0.3) is 0 Å². The van der Waals surface area contributed by atoms with Crippen molar-refractivity contribution in [1.82, 2.24) is 9.29 Å². The number of benzene rings is 1. The molecule has 1 aromatic carbocycles. The second-order valence-electron chi connectivity index (χ2n) is 7.11. The van der Waals surface area contributed by atoms with Crippen molar-refractivity contribution in [3.05, 3.63) is 40.4 Å². The average molecular weight is 436 g/mol. The normalized spacial score (nSPS) is 17.3. The molecule has 154 valence electrons. The second-order valence-corrected chi connectivity index (χ2v) is 10.1. The Morgan fingerprint density at radius 3 is 2.59 bits per heavy atom. The molecule has 29 heavy (non-hydrogen) atoms. The third-order valence-electron chi connectivity index (χ3n) is 5.32. The second kappa shape index (κ2) is 7.85. The quantitative estimate of drug-likeness (QED) is 0.723. The van der Waals surface area contributed by atoms with Crippen LogP contribution in [0.15, 0.2) is 29.2 Å². The molecule has 1 fully saturated rings. The zero-order chi connectivity index (χ0) is 20.6. The van der Waals surface area contributed by atoms with Gasteiger partial charge >= 0.3 is 5.97 Å². The highest BCUT2D eigenvalue weighted by Crippen LogP contribution is 2.33. The first-order valence-corrected chi connectivity index (χ1v) is 11.6. The highest BCUT2D eigenvalue weighted by molar-refractivity contribution is 7.89. The van der Waals surface area contributed by atoms with E-state index in [0.29, 0.717) is 23.7 Å². The van der Waals surface area contributed by atoms with Crippen molar-refractivity contribution >= 4 is 38.4 Å². The summed E-state index contributed by atoms with van der Waals surface area (Å²) >= 11 is 1.33. The van der Waals surface area contributed by atoms with E-state index in [0.717, 1.165) is 29.8 Å². The number of methoxy groups -OCH3 is 1. The molecule has 1 saturated carbocycles. The number of esters is 1. The Bertz CT molecular complexity index is 1040. The summed E-state index contributed by atoms with van der Waals surface area (Å²) in [6.45, 7) is 0.529. The summed E-state index contributed by atoms with van der Waals surface area (Å²) in [5.41, 5.74) is 1.13. The highest BCUT2D eigenvalue weighted by atomic mass is 32.2. The van der Waals surface area contributed by atoms with Gasteiger partial charge in [-0.2, -0.15) is 4.31 Å². The van der Waals surface area contributed by atoms with E-state index in [1.807, 2.05) is 0 Å². The van der Waals surface area contributed by atoms with Gasteiger partial charge in [0.05, 0.1) is 29.8 Å². The zero-order valence-corrected chi connectivity index (χ0v) is 17.5. The number of anilines is 1. The topological polar surface area (TPSA) is 106 Å². The Balaban J connectivity index is 1.48. The number of fused-ring (bicyclic) bond motifs is 1. The van der Waals surface area contributed by atoms with Crippen LogP contribution in [-0.4, -0.2) is 43.2 Å². The van der Waals surface area contributed by atoms with E-state index < -0.39 is 16.0 Å². The SMILES string of the molecule is COC(=O)c1ccc(S(=O)(=O)N2CCc3nc(NC(=O)C4CCC4)sc3C2)cc1. The number of nitrogens with one attached hydrogen (secondary N) is 1. The molecule has 0 radical (unpaired) electrons. The number of carbonyl (C=O) groups excluding carboxylic acids is 2. The maximum Gasteiger partial charge on any atom is 0.337 e. The molecule has 4 rings (SSSR count). The summed E-state index contributed by atoms with van der Waals surface area (Å²) in [5, 5.41) is 3.40. The molecule has 0 bridgehead atoms. The van der Waals surface area contributed by atoms with Crippen molar-refractivity contribution in [1.29, 1.82) is 0 Å². The van der Waals surface area contributed by atoms with Crippen LogP contribution in [0.25, 0.3) is 0 Å². The van der Waals surface area contributed by atoms with Gasteiger partial charge in [0.15, 0.2) is 5.13 Å². The van der Waals surface area contributed by atoms with Crippen LogP contribution in [0.2, 0.25) is 0 Å². The molecule has 1 aliphatic heterocycles. The van der Waals surface area contributed by atoms with Crippen LogP contribution >= 0.6 is 11.3 Å². The van der Waals surface area contributed by atoms with Crippen molar-refractivity contribution < 1.29 is 22.7 Å². The Kier molecular flexibility index (Phi) is 5.41.